The van der Waals surface area contributed by atoms with Crippen LogP contribution in [0.5, 0.6) is 5.75 Å². The van der Waals surface area contributed by atoms with Gasteiger partial charge in [0, 0.05) is 0 Å². The Morgan fingerprint density at radius 3 is 2.66 bits per heavy atom. The minimum absolute atomic E-state index is 0.0465. The van der Waals surface area contributed by atoms with E-state index in [4.69, 9.17) is 9.59 Å². The molecule has 0 unspecified atom stereocenters. The standard InChI is InChI=1S/C22H20N4O4S2/c1-3-5-19-25-26-20(23)18(21(27)24-22(26)31-19)13-15-6-4-7-16(12-15)30-32(28,29)17-10-8-14(2)9-11-17/h4,6-13,23H,3,5H2,1-2H3. The fourth-order valence-corrected chi connectivity index (χ4v) is 4.96. The van der Waals surface area contributed by atoms with E-state index in [1.54, 1.807) is 24.3 Å². The van der Waals surface area contributed by atoms with Crippen LogP contribution in [-0.4, -0.2) is 35.4 Å². The van der Waals surface area contributed by atoms with Gasteiger partial charge < -0.3 is 4.18 Å². The third-order valence-corrected chi connectivity index (χ3v) is 6.87. The lowest BCUT2D eigenvalue weighted by Gasteiger charge is -2.20. The summed E-state index contributed by atoms with van der Waals surface area (Å²) in [6.45, 7) is 3.89. The van der Waals surface area contributed by atoms with Gasteiger partial charge in [-0.3, -0.25) is 10.2 Å². The van der Waals surface area contributed by atoms with Crippen molar-refractivity contribution in [3.8, 4) is 5.75 Å². The van der Waals surface area contributed by atoms with Crippen LogP contribution < -0.4 is 4.18 Å². The molecule has 1 amide bonds. The molecule has 2 aromatic rings. The van der Waals surface area contributed by atoms with Gasteiger partial charge in [0.15, 0.2) is 5.84 Å². The maximum Gasteiger partial charge on any atom is 0.339 e. The Labute approximate surface area is 190 Å². The van der Waals surface area contributed by atoms with Gasteiger partial charge in [0.25, 0.3) is 5.91 Å². The van der Waals surface area contributed by atoms with Crippen LogP contribution in [0.1, 0.15) is 30.9 Å². The predicted octanol–water partition coefficient (Wildman–Crippen LogP) is 4.18. The Morgan fingerprint density at radius 1 is 1.19 bits per heavy atom. The minimum atomic E-state index is -4.01. The largest absolute Gasteiger partial charge is 0.379 e. The molecular weight excluding hydrogens is 448 g/mol. The van der Waals surface area contributed by atoms with Crippen molar-refractivity contribution >= 4 is 49.9 Å². The number of carbonyl (C=O) groups excluding carboxylic acids is 1. The van der Waals surface area contributed by atoms with Crippen LogP contribution in [0.4, 0.5) is 0 Å². The highest BCUT2D eigenvalue weighted by atomic mass is 32.2. The van der Waals surface area contributed by atoms with Crippen molar-refractivity contribution in [1.82, 2.24) is 5.01 Å². The Balaban J connectivity index is 1.59. The van der Waals surface area contributed by atoms with Crippen LogP contribution in [0.15, 0.2) is 69.1 Å². The molecule has 0 radical (unpaired) electrons. The molecular formula is C22H20N4O4S2. The maximum atomic E-state index is 12.6. The van der Waals surface area contributed by atoms with Crippen molar-refractivity contribution in [1.29, 1.82) is 5.41 Å². The van der Waals surface area contributed by atoms with E-state index >= 15 is 0 Å². The normalized spacial score (nSPS) is 17.3. The lowest BCUT2D eigenvalue weighted by molar-refractivity contribution is -0.114. The number of benzene rings is 2. The first-order valence-corrected chi connectivity index (χ1v) is 12.1. The van der Waals surface area contributed by atoms with Crippen molar-refractivity contribution in [3.05, 3.63) is 65.2 Å². The number of amidine groups is 2. The highest BCUT2D eigenvalue weighted by Crippen LogP contribution is 2.30. The highest BCUT2D eigenvalue weighted by Gasteiger charge is 2.35. The van der Waals surface area contributed by atoms with Crippen molar-refractivity contribution in [2.45, 2.75) is 31.6 Å². The summed E-state index contributed by atoms with van der Waals surface area (Å²) in [6.07, 6.45) is 3.12. The maximum absolute atomic E-state index is 12.6. The Morgan fingerprint density at radius 2 is 1.94 bits per heavy atom. The Kier molecular flexibility index (Phi) is 5.98. The average Bonchev–Trinajstić information content (AvgIpc) is 3.14. The molecule has 2 heterocycles. The van der Waals surface area contributed by atoms with Gasteiger partial charge in [-0.15, -0.1) is 0 Å². The summed E-state index contributed by atoms with van der Waals surface area (Å²) >= 11 is 1.29. The molecule has 4 rings (SSSR count). The second-order valence-corrected chi connectivity index (χ2v) is 9.77. The van der Waals surface area contributed by atoms with E-state index in [2.05, 4.69) is 10.1 Å². The number of amides is 1. The number of aliphatic imine (C=N–C) groups is 1. The van der Waals surface area contributed by atoms with Crippen molar-refractivity contribution in [3.63, 3.8) is 0 Å². The first-order valence-electron chi connectivity index (χ1n) is 9.87. The number of thioether (sulfide) groups is 1. The van der Waals surface area contributed by atoms with E-state index < -0.39 is 16.0 Å². The number of carbonyl (C=O) groups is 1. The molecule has 8 nitrogen and oxygen atoms in total. The first-order chi connectivity index (χ1) is 15.3. The summed E-state index contributed by atoms with van der Waals surface area (Å²) in [4.78, 5) is 16.6. The van der Waals surface area contributed by atoms with E-state index in [9.17, 15) is 13.2 Å². The zero-order valence-corrected chi connectivity index (χ0v) is 19.0. The third kappa shape index (κ3) is 4.51. The van der Waals surface area contributed by atoms with E-state index in [1.807, 2.05) is 13.8 Å². The lowest BCUT2D eigenvalue weighted by Crippen LogP contribution is -2.35. The van der Waals surface area contributed by atoms with Gasteiger partial charge in [0.1, 0.15) is 15.7 Å². The molecule has 0 saturated carbocycles. The number of hydrogen-bond donors (Lipinski definition) is 1. The van der Waals surface area contributed by atoms with E-state index in [1.165, 1.54) is 47.1 Å². The first kappa shape index (κ1) is 22.0. The molecule has 0 aromatic heterocycles. The second kappa shape index (κ2) is 8.71. The molecule has 0 fully saturated rings. The summed E-state index contributed by atoms with van der Waals surface area (Å²) in [5, 5.41) is 15.3. The zero-order chi connectivity index (χ0) is 22.9. The van der Waals surface area contributed by atoms with Crippen LogP contribution in [0.25, 0.3) is 6.08 Å². The summed E-state index contributed by atoms with van der Waals surface area (Å²) in [6, 6.07) is 12.6. The topological polar surface area (TPSA) is 112 Å². The number of fused-ring (bicyclic) bond motifs is 1. The van der Waals surface area contributed by atoms with E-state index in [-0.39, 0.29) is 22.1 Å². The molecule has 2 aromatic carbocycles. The number of hydrazone groups is 1. The molecule has 0 bridgehead atoms. The SMILES string of the molecule is CCCC1=NN2C(=N)C(=Cc3cccc(OS(=O)(=O)c4ccc(C)cc4)c3)C(=O)N=C2S1. The molecule has 2 aliphatic heterocycles. The van der Waals surface area contributed by atoms with Crippen LogP contribution in [-0.2, 0) is 14.9 Å². The number of aryl methyl sites for hydroxylation is 1. The van der Waals surface area contributed by atoms with Gasteiger partial charge in [0.2, 0.25) is 5.17 Å². The van der Waals surface area contributed by atoms with Gasteiger partial charge in [-0.25, -0.2) is 0 Å². The van der Waals surface area contributed by atoms with Crippen LogP contribution in [0, 0.1) is 12.3 Å². The number of nitrogens with zero attached hydrogens (tertiary/aromatic N) is 3. The van der Waals surface area contributed by atoms with Crippen molar-refractivity contribution < 1.29 is 17.4 Å². The smallest absolute Gasteiger partial charge is 0.339 e. The summed E-state index contributed by atoms with van der Waals surface area (Å²) in [7, 11) is -4.01. The van der Waals surface area contributed by atoms with Gasteiger partial charge in [-0.2, -0.15) is 23.5 Å². The molecule has 1 N–H and O–H groups in total. The van der Waals surface area contributed by atoms with Gasteiger partial charge in [-0.1, -0.05) is 36.8 Å². The van der Waals surface area contributed by atoms with Gasteiger partial charge >= 0.3 is 10.1 Å². The molecule has 0 saturated heterocycles. The summed E-state index contributed by atoms with van der Waals surface area (Å²) < 4.78 is 30.4. The van der Waals surface area contributed by atoms with Crippen LogP contribution >= 0.6 is 11.8 Å². The quantitative estimate of drug-likeness (QED) is 0.503. The molecule has 0 spiro atoms. The fraction of sp³-hybridized carbons (Fsp3) is 0.182. The lowest BCUT2D eigenvalue weighted by atomic mass is 10.1. The summed E-state index contributed by atoms with van der Waals surface area (Å²) in [5.41, 5.74) is 1.50. The van der Waals surface area contributed by atoms with Crippen molar-refractivity contribution in [2.75, 3.05) is 0 Å². The fourth-order valence-electron chi connectivity index (χ4n) is 3.05. The van der Waals surface area contributed by atoms with Crippen LogP contribution in [0.2, 0.25) is 0 Å². The number of rotatable bonds is 6. The molecule has 10 heteroatoms. The minimum Gasteiger partial charge on any atom is -0.379 e. The summed E-state index contributed by atoms with van der Waals surface area (Å²) in [5.74, 6) is -0.517. The average molecular weight is 469 g/mol. The van der Waals surface area contributed by atoms with Gasteiger partial charge in [0.05, 0.1) is 5.57 Å². The molecule has 0 atom stereocenters. The molecule has 164 valence electrons. The Hall–Kier alpha value is -3.24. The van der Waals surface area contributed by atoms with E-state index in [0.717, 1.165) is 23.4 Å². The molecule has 2 aliphatic rings. The third-order valence-electron chi connectivity index (χ3n) is 4.64. The van der Waals surface area contributed by atoms with Gasteiger partial charge in [-0.05, 0) is 67.4 Å². The monoisotopic (exact) mass is 468 g/mol. The number of nitrogens with one attached hydrogen (secondary N) is 1. The van der Waals surface area contributed by atoms with Crippen molar-refractivity contribution in [2.24, 2.45) is 10.1 Å². The predicted molar refractivity (Wildman–Crippen MR) is 125 cm³/mol. The second-order valence-electron chi connectivity index (χ2n) is 7.19. The molecule has 0 aliphatic carbocycles. The van der Waals surface area contributed by atoms with Crippen LogP contribution in [0.3, 0.4) is 0 Å². The zero-order valence-electron chi connectivity index (χ0n) is 17.4. The Bertz CT molecular complexity index is 1300. The van der Waals surface area contributed by atoms with E-state index in [0.29, 0.717) is 10.7 Å². The highest BCUT2D eigenvalue weighted by molar-refractivity contribution is 8.26. The number of hydrogen-bond acceptors (Lipinski definition) is 7. The molecule has 32 heavy (non-hydrogen) atoms.